The summed E-state index contributed by atoms with van der Waals surface area (Å²) in [6.45, 7) is 2.93. The van der Waals surface area contributed by atoms with Crippen molar-refractivity contribution >= 4 is 63.1 Å². The number of hydrogen-bond donors (Lipinski definition) is 0. The second-order valence-electron chi connectivity index (χ2n) is 8.23. The Morgan fingerprint density at radius 3 is 2.38 bits per heavy atom. The average molecular weight is 507 g/mol. The highest BCUT2D eigenvalue weighted by atomic mass is 35.5. The SMILES string of the molecule is Cc1ccc(Cn2cc(C=C3SC(=O)N(Cc4ccc(Cl)c(Cl)c4)C3=O)c3ccccc32)cc1. The lowest BCUT2D eigenvalue weighted by Crippen LogP contribution is -2.27. The Morgan fingerprint density at radius 2 is 1.62 bits per heavy atom. The average Bonchev–Trinajstić information content (AvgIpc) is 3.30. The summed E-state index contributed by atoms with van der Waals surface area (Å²) in [5.41, 5.74) is 5.14. The molecule has 170 valence electrons. The fourth-order valence-corrected chi connectivity index (χ4v) is 5.16. The molecule has 1 aliphatic heterocycles. The van der Waals surface area contributed by atoms with Crippen molar-refractivity contribution in [3.63, 3.8) is 0 Å². The number of aryl methyl sites for hydroxylation is 1. The summed E-state index contributed by atoms with van der Waals surface area (Å²) in [6.07, 6.45) is 3.85. The van der Waals surface area contributed by atoms with Gasteiger partial charge in [-0.2, -0.15) is 0 Å². The zero-order valence-electron chi connectivity index (χ0n) is 18.3. The molecule has 0 radical (unpaired) electrons. The van der Waals surface area contributed by atoms with E-state index in [2.05, 4.69) is 41.8 Å². The highest BCUT2D eigenvalue weighted by Crippen LogP contribution is 2.35. The smallest absolute Gasteiger partial charge is 0.293 e. The predicted molar refractivity (Wildman–Crippen MR) is 140 cm³/mol. The Hall–Kier alpha value is -2.99. The summed E-state index contributed by atoms with van der Waals surface area (Å²) in [7, 11) is 0. The first-order valence-corrected chi connectivity index (χ1v) is 12.3. The van der Waals surface area contributed by atoms with Crippen LogP contribution in [0.3, 0.4) is 0 Å². The minimum Gasteiger partial charge on any atom is -0.342 e. The topological polar surface area (TPSA) is 42.3 Å². The van der Waals surface area contributed by atoms with Crippen LogP contribution >= 0.6 is 35.0 Å². The van der Waals surface area contributed by atoms with Gasteiger partial charge in [-0.15, -0.1) is 0 Å². The molecular weight excluding hydrogens is 487 g/mol. The van der Waals surface area contributed by atoms with Crippen LogP contribution in [0.2, 0.25) is 10.0 Å². The van der Waals surface area contributed by atoms with Crippen LogP contribution in [0.4, 0.5) is 4.79 Å². The Kier molecular flexibility index (Phi) is 6.26. The summed E-state index contributed by atoms with van der Waals surface area (Å²) in [5, 5.41) is 1.56. The fraction of sp³-hybridized carbons (Fsp3) is 0.111. The number of amides is 2. The van der Waals surface area contributed by atoms with Gasteiger partial charge in [0.15, 0.2) is 0 Å². The van der Waals surface area contributed by atoms with E-state index in [1.807, 2.05) is 30.5 Å². The van der Waals surface area contributed by atoms with Crippen LogP contribution in [0.5, 0.6) is 0 Å². The summed E-state index contributed by atoms with van der Waals surface area (Å²) in [6, 6.07) is 21.6. The van der Waals surface area contributed by atoms with E-state index in [1.54, 1.807) is 18.2 Å². The largest absolute Gasteiger partial charge is 0.342 e. The summed E-state index contributed by atoms with van der Waals surface area (Å²) < 4.78 is 2.17. The van der Waals surface area contributed by atoms with Crippen molar-refractivity contribution < 1.29 is 9.59 Å². The Labute approximate surface area is 211 Å². The van der Waals surface area contributed by atoms with Gasteiger partial charge in [0.05, 0.1) is 21.5 Å². The van der Waals surface area contributed by atoms with Crippen molar-refractivity contribution in [1.82, 2.24) is 9.47 Å². The molecule has 1 fully saturated rings. The van der Waals surface area contributed by atoms with Crippen LogP contribution in [0.1, 0.15) is 22.3 Å². The number of carbonyl (C=O) groups excluding carboxylic acids is 2. The maximum absolute atomic E-state index is 13.1. The molecule has 0 atom stereocenters. The number of hydrogen-bond acceptors (Lipinski definition) is 3. The van der Waals surface area contributed by atoms with Crippen molar-refractivity contribution in [2.45, 2.75) is 20.0 Å². The monoisotopic (exact) mass is 506 g/mol. The lowest BCUT2D eigenvalue weighted by atomic mass is 10.1. The van der Waals surface area contributed by atoms with Crippen LogP contribution in [-0.4, -0.2) is 20.6 Å². The van der Waals surface area contributed by atoms with Gasteiger partial charge in [-0.3, -0.25) is 14.5 Å². The van der Waals surface area contributed by atoms with Gasteiger partial charge in [0, 0.05) is 29.2 Å². The summed E-state index contributed by atoms with van der Waals surface area (Å²) in [5.74, 6) is -0.309. The number of thioether (sulfide) groups is 1. The van der Waals surface area contributed by atoms with Crippen LogP contribution in [0.15, 0.2) is 77.8 Å². The zero-order chi connectivity index (χ0) is 23.8. The third kappa shape index (κ3) is 4.51. The van der Waals surface area contributed by atoms with Gasteiger partial charge in [-0.05, 0) is 54.1 Å². The molecule has 5 rings (SSSR count). The van der Waals surface area contributed by atoms with E-state index in [1.165, 1.54) is 16.0 Å². The molecule has 1 saturated heterocycles. The molecule has 2 amide bonds. The molecule has 0 unspecified atom stereocenters. The van der Waals surface area contributed by atoms with Gasteiger partial charge in [0.2, 0.25) is 0 Å². The van der Waals surface area contributed by atoms with E-state index < -0.39 is 0 Å². The van der Waals surface area contributed by atoms with E-state index >= 15 is 0 Å². The number of aromatic nitrogens is 1. The molecule has 34 heavy (non-hydrogen) atoms. The maximum Gasteiger partial charge on any atom is 0.293 e. The van der Waals surface area contributed by atoms with E-state index in [0.29, 0.717) is 21.5 Å². The first-order valence-electron chi connectivity index (χ1n) is 10.7. The molecule has 4 aromatic rings. The van der Waals surface area contributed by atoms with Crippen LogP contribution in [0, 0.1) is 6.92 Å². The number of rotatable bonds is 5. The third-order valence-corrected chi connectivity index (χ3v) is 7.42. The summed E-state index contributed by atoms with van der Waals surface area (Å²) >= 11 is 13.0. The standard InChI is InChI=1S/C27H20Cl2N2O2S/c1-17-6-8-18(9-7-17)14-30-16-20(21-4-2-3-5-24(21)30)13-25-26(32)31(27(33)34-25)15-19-10-11-22(28)23(29)12-19/h2-13,16H,14-15H2,1H3. The lowest BCUT2D eigenvalue weighted by molar-refractivity contribution is -0.123. The molecule has 4 nitrogen and oxygen atoms in total. The molecule has 1 aliphatic rings. The van der Waals surface area contributed by atoms with Crippen molar-refractivity contribution in [3.05, 3.63) is 110 Å². The van der Waals surface area contributed by atoms with Gasteiger partial charge in [-0.25, -0.2) is 0 Å². The van der Waals surface area contributed by atoms with Crippen LogP contribution in [0.25, 0.3) is 17.0 Å². The molecule has 0 spiro atoms. The number of imide groups is 1. The number of benzene rings is 3. The number of nitrogens with zero attached hydrogens (tertiary/aromatic N) is 2. The second kappa shape index (κ2) is 9.34. The number of halogens is 2. The first-order chi connectivity index (χ1) is 16.4. The quantitative estimate of drug-likeness (QED) is 0.262. The number of fused-ring (bicyclic) bond motifs is 1. The molecule has 0 N–H and O–H groups in total. The lowest BCUT2D eigenvalue weighted by Gasteiger charge is -2.12. The van der Waals surface area contributed by atoms with Gasteiger partial charge in [0.25, 0.3) is 11.1 Å². The molecule has 3 aromatic carbocycles. The Balaban J connectivity index is 1.44. The Morgan fingerprint density at radius 1 is 0.882 bits per heavy atom. The van der Waals surface area contributed by atoms with Crippen LogP contribution < -0.4 is 0 Å². The molecule has 0 aliphatic carbocycles. The van der Waals surface area contributed by atoms with Crippen LogP contribution in [-0.2, 0) is 17.9 Å². The predicted octanol–water partition coefficient (Wildman–Crippen LogP) is 7.54. The minimum atomic E-state index is -0.309. The minimum absolute atomic E-state index is 0.147. The van der Waals surface area contributed by atoms with Gasteiger partial charge >= 0.3 is 0 Å². The number of carbonyl (C=O) groups is 2. The molecule has 1 aromatic heterocycles. The molecule has 0 saturated carbocycles. The van der Waals surface area contributed by atoms with Crippen molar-refractivity contribution in [2.75, 3.05) is 0 Å². The van der Waals surface area contributed by atoms with Gasteiger partial charge < -0.3 is 4.57 Å². The number of para-hydroxylation sites is 1. The van der Waals surface area contributed by atoms with Crippen molar-refractivity contribution in [1.29, 1.82) is 0 Å². The maximum atomic E-state index is 13.1. The van der Waals surface area contributed by atoms with E-state index in [4.69, 9.17) is 23.2 Å². The molecule has 0 bridgehead atoms. The first kappa shape index (κ1) is 22.8. The normalized spacial score (nSPS) is 15.1. The molecule has 7 heteroatoms. The highest BCUT2D eigenvalue weighted by molar-refractivity contribution is 8.18. The fourth-order valence-electron chi connectivity index (χ4n) is 4.01. The molecular formula is C27H20Cl2N2O2S. The Bertz CT molecular complexity index is 1460. The van der Waals surface area contributed by atoms with E-state index in [-0.39, 0.29) is 17.7 Å². The second-order valence-corrected chi connectivity index (χ2v) is 10.0. The van der Waals surface area contributed by atoms with Crippen molar-refractivity contribution in [3.8, 4) is 0 Å². The zero-order valence-corrected chi connectivity index (χ0v) is 20.6. The van der Waals surface area contributed by atoms with Gasteiger partial charge in [0.1, 0.15) is 0 Å². The highest BCUT2D eigenvalue weighted by Gasteiger charge is 2.35. The van der Waals surface area contributed by atoms with E-state index in [0.717, 1.165) is 33.8 Å². The summed E-state index contributed by atoms with van der Waals surface area (Å²) in [4.78, 5) is 27.4. The van der Waals surface area contributed by atoms with Gasteiger partial charge in [-0.1, -0.05) is 77.3 Å². The van der Waals surface area contributed by atoms with Crippen molar-refractivity contribution in [2.24, 2.45) is 0 Å². The molecule has 2 heterocycles. The van der Waals surface area contributed by atoms with E-state index in [9.17, 15) is 9.59 Å². The third-order valence-electron chi connectivity index (χ3n) is 5.78.